The molecule has 3 aliphatic rings. The van der Waals surface area contributed by atoms with Crippen molar-refractivity contribution in [3.8, 4) is 28.7 Å². The fraction of sp³-hybridized carbons (Fsp3) is 0.517. The summed E-state index contributed by atoms with van der Waals surface area (Å²) in [5.41, 5.74) is 4.58. The summed E-state index contributed by atoms with van der Waals surface area (Å²) < 4.78 is 29.1. The van der Waals surface area contributed by atoms with E-state index in [-0.39, 0.29) is 11.7 Å². The molecule has 9 nitrogen and oxygen atoms in total. The number of ketones is 1. The van der Waals surface area contributed by atoms with Crippen LogP contribution >= 0.6 is 0 Å². The van der Waals surface area contributed by atoms with Gasteiger partial charge in [0, 0.05) is 16.7 Å². The zero-order valence-corrected chi connectivity index (χ0v) is 23.6. The summed E-state index contributed by atoms with van der Waals surface area (Å²) >= 11 is 0. The van der Waals surface area contributed by atoms with Crippen molar-refractivity contribution in [1.29, 1.82) is 0 Å². The van der Waals surface area contributed by atoms with Gasteiger partial charge in [0.25, 0.3) is 0 Å². The molecule has 0 aliphatic carbocycles. The number of benzene rings is 2. The minimum Gasteiger partial charge on any atom is -0.496 e. The number of fused-ring (bicyclic) bond motifs is 7. The molecule has 4 atom stereocenters. The quantitative estimate of drug-likeness (QED) is 0.564. The van der Waals surface area contributed by atoms with Gasteiger partial charge in [-0.25, -0.2) is 0 Å². The van der Waals surface area contributed by atoms with E-state index in [1.165, 1.54) is 0 Å². The van der Waals surface area contributed by atoms with Gasteiger partial charge in [-0.1, -0.05) is 13.0 Å². The summed E-state index contributed by atoms with van der Waals surface area (Å²) in [5, 5.41) is 0. The molecule has 2 bridgehead atoms. The lowest BCUT2D eigenvalue weighted by Crippen LogP contribution is -2.68. The van der Waals surface area contributed by atoms with E-state index < -0.39 is 24.2 Å². The summed E-state index contributed by atoms with van der Waals surface area (Å²) in [6, 6.07) is 0.0257. The average Bonchev–Trinajstić information content (AvgIpc) is 2.90. The Morgan fingerprint density at radius 3 is 1.95 bits per heavy atom. The first-order valence-electron chi connectivity index (χ1n) is 12.9. The Bertz CT molecular complexity index is 1340. The van der Waals surface area contributed by atoms with Crippen LogP contribution in [0.5, 0.6) is 28.7 Å². The van der Waals surface area contributed by atoms with Crippen molar-refractivity contribution in [3.05, 3.63) is 39.4 Å². The van der Waals surface area contributed by atoms with Crippen LogP contribution in [-0.2, 0) is 11.2 Å². The van der Waals surface area contributed by atoms with Crippen LogP contribution in [0.25, 0.3) is 0 Å². The lowest BCUT2D eigenvalue weighted by atomic mass is 9.72. The number of likely N-dealkylation sites (N-methyl/N-ethyl adjacent to an activating group) is 1. The number of hydrogen-bond acceptors (Lipinski definition) is 8. The maximum absolute atomic E-state index is 14.7. The number of piperazine rings is 1. The number of nitrogens with zero attached hydrogens (tertiary/aromatic N) is 2. The van der Waals surface area contributed by atoms with Crippen molar-refractivity contribution in [2.45, 2.75) is 57.8 Å². The zero-order chi connectivity index (χ0) is 27.6. The molecule has 38 heavy (non-hydrogen) atoms. The Labute approximate surface area is 223 Å². The van der Waals surface area contributed by atoms with E-state index in [1.54, 1.807) is 40.4 Å². The van der Waals surface area contributed by atoms with Crippen LogP contribution in [-0.4, -0.2) is 76.2 Å². The van der Waals surface area contributed by atoms with Crippen molar-refractivity contribution in [2.75, 3.05) is 42.6 Å². The Hall–Kier alpha value is -3.46. The topological polar surface area (TPSA) is 86.8 Å². The first-order chi connectivity index (χ1) is 18.2. The van der Waals surface area contributed by atoms with E-state index in [2.05, 4.69) is 6.07 Å². The molecule has 0 spiro atoms. The summed E-state index contributed by atoms with van der Waals surface area (Å²) in [7, 11) is 9.83. The van der Waals surface area contributed by atoms with Crippen LogP contribution in [0.2, 0.25) is 0 Å². The zero-order valence-electron chi connectivity index (χ0n) is 23.6. The number of aryl methyl sites for hydroxylation is 1. The molecule has 9 heteroatoms. The van der Waals surface area contributed by atoms with E-state index >= 15 is 0 Å². The molecule has 0 radical (unpaired) electrons. The maximum atomic E-state index is 14.7. The van der Waals surface area contributed by atoms with Gasteiger partial charge in [-0.3, -0.25) is 14.5 Å². The van der Waals surface area contributed by atoms with Crippen LogP contribution in [0.1, 0.15) is 63.6 Å². The summed E-state index contributed by atoms with van der Waals surface area (Å²) in [5.74, 6) is 2.39. The number of Topliss-reactive ketones (excluding diaryl/α,β-unsaturated/α-hetero) is 1. The van der Waals surface area contributed by atoms with Gasteiger partial charge in [-0.2, -0.15) is 0 Å². The SMILES string of the molecule is CC[C@H]1c2c(OC)c(OC)c(C)c(OC)c2C(=O)C2C3c4c(cc(C)c(OC)c4OC)CC(C(=O)N21)N3C. The Balaban J connectivity index is 1.85. The van der Waals surface area contributed by atoms with Gasteiger partial charge >= 0.3 is 0 Å². The van der Waals surface area contributed by atoms with Gasteiger partial charge < -0.3 is 28.6 Å². The van der Waals surface area contributed by atoms with Crippen LogP contribution in [0.15, 0.2) is 6.07 Å². The maximum Gasteiger partial charge on any atom is 0.241 e. The summed E-state index contributed by atoms with van der Waals surface area (Å²) in [6.45, 7) is 5.83. The summed E-state index contributed by atoms with van der Waals surface area (Å²) in [4.78, 5) is 32.7. The highest BCUT2D eigenvalue weighted by Crippen LogP contribution is 2.57. The second-order valence-electron chi connectivity index (χ2n) is 10.2. The standard InChI is InChI=1S/C29H36N2O7/c1-10-16-19-20(25(35-6)14(3)26(36-7)28(19)38-9)23(32)22-21-18-15(11-13(2)24(34-5)27(18)37-8)12-17(30(21)4)29(33)31(16)22/h11,16-17,21-22H,10,12H2,1-9H3/t16-,17?,21?,22?/m0/s1. The van der Waals surface area contributed by atoms with E-state index in [4.69, 9.17) is 23.7 Å². The molecular formula is C29H36N2O7. The summed E-state index contributed by atoms with van der Waals surface area (Å²) in [6.07, 6.45) is 1.10. The number of hydrogen-bond donors (Lipinski definition) is 0. The number of methoxy groups -OCH3 is 5. The monoisotopic (exact) mass is 524 g/mol. The van der Waals surface area contributed by atoms with Crippen molar-refractivity contribution in [2.24, 2.45) is 0 Å². The van der Waals surface area contributed by atoms with Crippen LogP contribution in [0, 0.1) is 13.8 Å². The number of carbonyl (C=O) groups is 2. The molecule has 1 saturated heterocycles. The highest BCUT2D eigenvalue weighted by molar-refractivity contribution is 6.10. The van der Waals surface area contributed by atoms with E-state index in [9.17, 15) is 9.59 Å². The minimum atomic E-state index is -0.784. The molecule has 3 unspecified atom stereocenters. The normalized spacial score (nSPS) is 23.9. The average molecular weight is 525 g/mol. The molecule has 0 aromatic heterocycles. The van der Waals surface area contributed by atoms with E-state index in [1.807, 2.05) is 32.7 Å². The van der Waals surface area contributed by atoms with Crippen molar-refractivity contribution < 1.29 is 33.3 Å². The van der Waals surface area contributed by atoms with Crippen LogP contribution in [0.3, 0.4) is 0 Å². The van der Waals surface area contributed by atoms with Gasteiger partial charge in [0.05, 0.1) is 59.2 Å². The fourth-order valence-corrected chi connectivity index (χ4v) is 7.04. The lowest BCUT2D eigenvalue weighted by molar-refractivity contribution is -0.153. The third-order valence-corrected chi connectivity index (χ3v) is 8.54. The fourth-order valence-electron chi connectivity index (χ4n) is 7.04. The van der Waals surface area contributed by atoms with Gasteiger partial charge in [0.2, 0.25) is 5.91 Å². The van der Waals surface area contributed by atoms with Crippen LogP contribution < -0.4 is 23.7 Å². The molecule has 0 saturated carbocycles. The molecule has 2 aromatic carbocycles. The van der Waals surface area contributed by atoms with Crippen molar-refractivity contribution >= 4 is 11.7 Å². The van der Waals surface area contributed by atoms with Gasteiger partial charge in [-0.15, -0.1) is 0 Å². The molecular weight excluding hydrogens is 488 g/mol. The highest BCUT2D eigenvalue weighted by atomic mass is 16.5. The molecule has 5 rings (SSSR count). The van der Waals surface area contributed by atoms with Crippen molar-refractivity contribution in [1.82, 2.24) is 9.80 Å². The predicted octanol–water partition coefficient (Wildman–Crippen LogP) is 3.80. The minimum absolute atomic E-state index is 0.0711. The number of amides is 1. The second kappa shape index (κ2) is 9.38. The van der Waals surface area contributed by atoms with E-state index in [0.29, 0.717) is 58.3 Å². The molecule has 0 N–H and O–H groups in total. The van der Waals surface area contributed by atoms with Gasteiger partial charge in [0.15, 0.2) is 28.8 Å². The largest absolute Gasteiger partial charge is 0.496 e. The first-order valence-corrected chi connectivity index (χ1v) is 12.9. The molecule has 204 valence electrons. The van der Waals surface area contributed by atoms with Gasteiger partial charge in [0.1, 0.15) is 11.8 Å². The molecule has 3 aliphatic heterocycles. The van der Waals surface area contributed by atoms with Gasteiger partial charge in [-0.05, 0) is 44.9 Å². The predicted molar refractivity (Wildman–Crippen MR) is 141 cm³/mol. The smallest absolute Gasteiger partial charge is 0.241 e. The van der Waals surface area contributed by atoms with Crippen LogP contribution in [0.4, 0.5) is 0 Å². The molecule has 1 amide bonds. The highest BCUT2D eigenvalue weighted by Gasteiger charge is 2.58. The molecule has 3 heterocycles. The Kier molecular flexibility index (Phi) is 6.46. The molecule has 1 fully saturated rings. The molecule has 2 aromatic rings. The van der Waals surface area contributed by atoms with E-state index in [0.717, 1.165) is 16.7 Å². The lowest BCUT2D eigenvalue weighted by Gasteiger charge is -2.56. The van der Waals surface area contributed by atoms with Crippen molar-refractivity contribution in [3.63, 3.8) is 0 Å². The number of rotatable bonds is 6. The number of ether oxygens (including phenoxy) is 5. The Morgan fingerprint density at radius 2 is 1.39 bits per heavy atom. The third-order valence-electron chi connectivity index (χ3n) is 8.54. The third kappa shape index (κ3) is 3.20. The first kappa shape index (κ1) is 26.2. The number of carbonyl (C=O) groups excluding carboxylic acids is 2. The Morgan fingerprint density at radius 1 is 0.816 bits per heavy atom. The second-order valence-corrected chi connectivity index (χ2v) is 10.2.